The summed E-state index contributed by atoms with van der Waals surface area (Å²) in [5.41, 5.74) is 3.72. The Hall–Kier alpha value is -1.55. The molecule has 0 spiro atoms. The molecule has 1 N–H and O–H groups in total. The maximum atomic E-state index is 13.5. The lowest BCUT2D eigenvalue weighted by Gasteiger charge is -2.39. The van der Waals surface area contributed by atoms with E-state index in [1.54, 1.807) is 0 Å². The van der Waals surface area contributed by atoms with Gasteiger partial charge in [0, 0.05) is 30.1 Å². The Morgan fingerprint density at radius 1 is 1.03 bits per heavy atom. The second-order valence-corrected chi connectivity index (χ2v) is 9.18. The Balaban J connectivity index is 0.00000205. The fourth-order valence-corrected chi connectivity index (χ4v) is 5.69. The molecule has 3 heterocycles. The minimum absolute atomic E-state index is 0. The second kappa shape index (κ2) is 8.67. The van der Waals surface area contributed by atoms with Gasteiger partial charge < -0.3 is 10.2 Å². The predicted molar refractivity (Wildman–Crippen MR) is 119 cm³/mol. The van der Waals surface area contributed by atoms with Gasteiger partial charge in [-0.05, 0) is 66.8 Å². The van der Waals surface area contributed by atoms with Gasteiger partial charge in [0.1, 0.15) is 0 Å². The molecule has 0 radical (unpaired) electrons. The summed E-state index contributed by atoms with van der Waals surface area (Å²) < 4.78 is 0. The van der Waals surface area contributed by atoms with E-state index >= 15 is 0 Å². The van der Waals surface area contributed by atoms with Crippen molar-refractivity contribution in [1.29, 1.82) is 0 Å². The topological polar surface area (TPSA) is 32.3 Å². The van der Waals surface area contributed by atoms with Crippen LogP contribution in [0.3, 0.4) is 0 Å². The van der Waals surface area contributed by atoms with Crippen molar-refractivity contribution in [3.8, 4) is 0 Å². The first kappa shape index (κ1) is 20.7. The highest BCUT2D eigenvalue weighted by Crippen LogP contribution is 2.37. The third kappa shape index (κ3) is 4.33. The summed E-state index contributed by atoms with van der Waals surface area (Å²) in [6, 6.07) is 18.0. The van der Waals surface area contributed by atoms with E-state index in [0.717, 1.165) is 24.3 Å². The average molecular weight is 431 g/mol. The molecular weight excluding hydrogens is 403 g/mol. The molecule has 0 aromatic heterocycles. The maximum Gasteiger partial charge on any atom is 0.223 e. The summed E-state index contributed by atoms with van der Waals surface area (Å²) in [5, 5.41) is 4.44. The fraction of sp³-hybridized carbons (Fsp3) is 0.458. The molecule has 2 bridgehead atoms. The largest absolute Gasteiger partial charge is 0.331 e. The van der Waals surface area contributed by atoms with Crippen molar-refractivity contribution in [3.63, 3.8) is 0 Å². The Morgan fingerprint density at radius 2 is 1.76 bits per heavy atom. The van der Waals surface area contributed by atoms with E-state index in [0.29, 0.717) is 36.9 Å². The Bertz CT molecular complexity index is 860. The van der Waals surface area contributed by atoms with Crippen LogP contribution in [0.5, 0.6) is 0 Å². The Labute approximate surface area is 184 Å². The highest BCUT2D eigenvalue weighted by molar-refractivity contribution is 6.30. The van der Waals surface area contributed by atoms with Gasteiger partial charge in [-0.2, -0.15) is 0 Å². The van der Waals surface area contributed by atoms with Crippen molar-refractivity contribution in [2.45, 2.75) is 63.2 Å². The quantitative estimate of drug-likeness (QED) is 0.715. The van der Waals surface area contributed by atoms with Crippen LogP contribution in [-0.2, 0) is 17.8 Å². The molecule has 3 atom stereocenters. The Morgan fingerprint density at radius 3 is 2.48 bits per heavy atom. The molecule has 29 heavy (non-hydrogen) atoms. The van der Waals surface area contributed by atoms with Crippen LogP contribution in [0.25, 0.3) is 0 Å². The number of halogens is 2. The van der Waals surface area contributed by atoms with Crippen LogP contribution in [0.2, 0.25) is 5.02 Å². The van der Waals surface area contributed by atoms with Crippen molar-refractivity contribution in [3.05, 3.63) is 70.2 Å². The standard InChI is InChI=1S/C24H27ClN2O.ClH/c25-20-7-6-18-14-23(17-4-2-1-3-5-17)27(15-19(18)13-20)24(28)12-16-10-21-8-9-22(11-16)26-21;/h1-7,13,16,21-23,26H,8-12,14-15H2;1H. The minimum Gasteiger partial charge on any atom is -0.331 e. The predicted octanol–water partition coefficient (Wildman–Crippen LogP) is 5.31. The van der Waals surface area contributed by atoms with Crippen molar-refractivity contribution < 1.29 is 4.79 Å². The summed E-state index contributed by atoms with van der Waals surface area (Å²) in [4.78, 5) is 15.6. The normalized spacial score (nSPS) is 27.8. The number of rotatable bonds is 3. The van der Waals surface area contributed by atoms with Gasteiger partial charge in [0.25, 0.3) is 0 Å². The van der Waals surface area contributed by atoms with Crippen molar-refractivity contribution in [2.75, 3.05) is 0 Å². The highest BCUT2D eigenvalue weighted by Gasteiger charge is 2.37. The first-order valence-electron chi connectivity index (χ1n) is 10.5. The summed E-state index contributed by atoms with van der Waals surface area (Å²) >= 11 is 6.24. The summed E-state index contributed by atoms with van der Waals surface area (Å²) in [5.74, 6) is 0.814. The van der Waals surface area contributed by atoms with Gasteiger partial charge in [-0.25, -0.2) is 0 Å². The fourth-order valence-electron chi connectivity index (χ4n) is 5.49. The van der Waals surface area contributed by atoms with Gasteiger partial charge in [-0.1, -0.05) is 48.0 Å². The van der Waals surface area contributed by atoms with Crippen LogP contribution >= 0.6 is 24.0 Å². The van der Waals surface area contributed by atoms with Crippen LogP contribution in [-0.4, -0.2) is 22.9 Å². The van der Waals surface area contributed by atoms with Gasteiger partial charge in [0.2, 0.25) is 5.91 Å². The number of nitrogens with zero attached hydrogens (tertiary/aromatic N) is 1. The van der Waals surface area contributed by atoms with Crippen molar-refractivity contribution in [2.24, 2.45) is 5.92 Å². The smallest absolute Gasteiger partial charge is 0.223 e. The zero-order valence-electron chi connectivity index (χ0n) is 16.5. The van der Waals surface area contributed by atoms with E-state index in [1.807, 2.05) is 18.2 Å². The SMILES string of the molecule is Cl.O=C(CC1CC2CCC(C1)N2)N1Cc2cc(Cl)ccc2CC1c1ccccc1. The molecule has 2 aromatic carbocycles. The van der Waals surface area contributed by atoms with Crippen molar-refractivity contribution in [1.82, 2.24) is 10.2 Å². The molecular formula is C24H28Cl2N2O. The van der Waals surface area contributed by atoms with Gasteiger partial charge in [0.15, 0.2) is 0 Å². The lowest BCUT2D eigenvalue weighted by molar-refractivity contribution is -0.136. The van der Waals surface area contributed by atoms with Crippen LogP contribution < -0.4 is 5.32 Å². The minimum atomic E-state index is 0. The van der Waals surface area contributed by atoms with Crippen LogP contribution in [0.1, 0.15) is 54.8 Å². The molecule has 5 rings (SSSR count). The summed E-state index contributed by atoms with van der Waals surface area (Å²) in [6.45, 7) is 0.659. The first-order valence-corrected chi connectivity index (χ1v) is 10.9. The van der Waals surface area contributed by atoms with E-state index in [1.165, 1.54) is 29.5 Å². The van der Waals surface area contributed by atoms with Crippen LogP contribution in [0.4, 0.5) is 0 Å². The third-order valence-electron chi connectivity index (χ3n) is 6.84. The van der Waals surface area contributed by atoms with Crippen LogP contribution in [0, 0.1) is 5.92 Å². The molecule has 2 saturated heterocycles. The van der Waals surface area contributed by atoms with Gasteiger partial charge in [-0.15, -0.1) is 12.4 Å². The van der Waals surface area contributed by atoms with Gasteiger partial charge in [0.05, 0.1) is 6.04 Å². The number of carbonyl (C=O) groups excluding carboxylic acids is 1. The van der Waals surface area contributed by atoms with Gasteiger partial charge >= 0.3 is 0 Å². The number of hydrogen-bond acceptors (Lipinski definition) is 2. The average Bonchev–Trinajstić information content (AvgIpc) is 3.05. The molecule has 2 aromatic rings. The number of amides is 1. The van der Waals surface area contributed by atoms with E-state index in [2.05, 4.69) is 40.5 Å². The molecule has 3 unspecified atom stereocenters. The zero-order chi connectivity index (χ0) is 19.1. The molecule has 3 aliphatic rings. The molecule has 0 saturated carbocycles. The first-order chi connectivity index (χ1) is 13.7. The lowest BCUT2D eigenvalue weighted by atomic mass is 9.86. The molecule has 1 amide bonds. The monoisotopic (exact) mass is 430 g/mol. The van der Waals surface area contributed by atoms with E-state index in [9.17, 15) is 4.79 Å². The van der Waals surface area contributed by atoms with E-state index < -0.39 is 0 Å². The molecule has 0 aliphatic carbocycles. The summed E-state index contributed by atoms with van der Waals surface area (Å²) in [7, 11) is 0. The van der Waals surface area contributed by atoms with E-state index in [-0.39, 0.29) is 18.4 Å². The highest BCUT2D eigenvalue weighted by atomic mass is 35.5. The number of benzene rings is 2. The molecule has 154 valence electrons. The zero-order valence-corrected chi connectivity index (χ0v) is 18.1. The third-order valence-corrected chi connectivity index (χ3v) is 7.07. The Kier molecular flexibility index (Phi) is 6.19. The number of piperidine rings is 1. The summed E-state index contributed by atoms with van der Waals surface area (Å²) in [6.07, 6.45) is 6.38. The van der Waals surface area contributed by atoms with E-state index in [4.69, 9.17) is 11.6 Å². The number of fused-ring (bicyclic) bond motifs is 3. The maximum absolute atomic E-state index is 13.5. The van der Waals surface area contributed by atoms with Crippen LogP contribution in [0.15, 0.2) is 48.5 Å². The van der Waals surface area contributed by atoms with Crippen molar-refractivity contribution >= 4 is 29.9 Å². The number of carbonyl (C=O) groups is 1. The molecule has 3 aliphatic heterocycles. The second-order valence-electron chi connectivity index (χ2n) is 8.74. The van der Waals surface area contributed by atoms with Gasteiger partial charge in [-0.3, -0.25) is 4.79 Å². The molecule has 2 fully saturated rings. The number of nitrogens with one attached hydrogen (secondary N) is 1. The molecule has 5 heteroatoms. The number of hydrogen-bond donors (Lipinski definition) is 1. The molecule has 3 nitrogen and oxygen atoms in total. The lowest BCUT2D eigenvalue weighted by Crippen LogP contribution is -2.42.